The van der Waals surface area contributed by atoms with Gasteiger partial charge in [0.05, 0.1) is 43.4 Å². The lowest BCUT2D eigenvalue weighted by molar-refractivity contribution is -0.0294. The molecule has 1 aliphatic heterocycles. The van der Waals surface area contributed by atoms with Crippen LogP contribution in [0.5, 0.6) is 0 Å². The third-order valence-electron chi connectivity index (χ3n) is 8.17. The SMILES string of the molecule is CNC(=O)c1c(-c2ccc(F)cc2)oc2cc(N(CCOP(=O)(O)OC[C@@H]3CC[C@H](n4cnc(C(N)=O)n4)O3)S(C)(=O)=O)c(C3CC3)cc12. The van der Waals surface area contributed by atoms with Crippen molar-refractivity contribution >= 4 is 46.3 Å². The maximum atomic E-state index is 13.7. The number of anilines is 1. The molecule has 1 aliphatic carbocycles. The highest BCUT2D eigenvalue weighted by Gasteiger charge is 2.35. The summed E-state index contributed by atoms with van der Waals surface area (Å²) in [5.41, 5.74) is 7.00. The number of carbonyl (C=O) groups excluding carboxylic acids is 2. The van der Waals surface area contributed by atoms with Crippen LogP contribution >= 0.6 is 7.82 Å². The van der Waals surface area contributed by atoms with Gasteiger partial charge in [-0.15, -0.1) is 5.10 Å². The van der Waals surface area contributed by atoms with Gasteiger partial charge >= 0.3 is 7.82 Å². The Morgan fingerprint density at radius 2 is 1.92 bits per heavy atom. The van der Waals surface area contributed by atoms with Gasteiger partial charge in [-0.1, -0.05) is 0 Å². The normalized spacial score (nSPS) is 19.2. The Hall–Kier alpha value is -4.19. The van der Waals surface area contributed by atoms with Crippen molar-refractivity contribution in [2.45, 2.75) is 43.9 Å². The van der Waals surface area contributed by atoms with E-state index in [9.17, 15) is 31.9 Å². The highest BCUT2D eigenvalue weighted by Crippen LogP contribution is 2.48. The number of furan rings is 1. The first-order valence-corrected chi connectivity index (χ1v) is 18.6. The number of aromatic nitrogens is 3. The highest BCUT2D eigenvalue weighted by atomic mass is 32.2. The molecule has 2 amide bonds. The number of nitrogens with zero attached hydrogens (tertiary/aromatic N) is 4. The second-order valence-corrected chi connectivity index (χ2v) is 15.1. The molecule has 1 saturated heterocycles. The first kappa shape index (κ1) is 34.7. The molecule has 2 aliphatic rings. The first-order chi connectivity index (χ1) is 23.2. The summed E-state index contributed by atoms with van der Waals surface area (Å²) in [6.45, 7) is -1.15. The average Bonchev–Trinajstić information content (AvgIpc) is 3.42. The van der Waals surface area contributed by atoms with E-state index >= 15 is 0 Å². The smallest absolute Gasteiger partial charge is 0.455 e. The van der Waals surface area contributed by atoms with Crippen LogP contribution in [-0.2, 0) is 28.4 Å². The lowest BCUT2D eigenvalue weighted by Crippen LogP contribution is -2.33. The van der Waals surface area contributed by atoms with Gasteiger partial charge in [-0.2, -0.15) is 0 Å². The number of nitrogens with one attached hydrogen (secondary N) is 1. The van der Waals surface area contributed by atoms with Crippen LogP contribution in [-0.4, -0.2) is 79.1 Å². The van der Waals surface area contributed by atoms with Gasteiger partial charge in [-0.3, -0.25) is 22.9 Å². The number of primary amides is 1. The molecule has 19 heteroatoms. The fourth-order valence-corrected chi connectivity index (χ4v) is 7.35. The number of ether oxygens (including phenoxy) is 1. The molecule has 1 unspecified atom stereocenters. The van der Waals surface area contributed by atoms with Crippen molar-refractivity contribution < 1.29 is 50.1 Å². The standard InChI is InChI=1S/C30H34FN6O10PS/c1-33-30(39)26-22-13-21(17-3-4-17)23(14-24(22)47-27(26)18-5-7-19(31)8-6-18)37(49(2,42)43)11-12-44-48(40,41)45-15-20-9-10-25(46-20)36-16-34-29(35-36)28(32)38/h5-8,13-14,16-17,20,25H,3-4,9-12,15H2,1-2H3,(H2,32,38)(H,33,39)(H,40,41)/t20-,25+/m0/s1. The number of amides is 2. The topological polar surface area (TPSA) is 218 Å². The van der Waals surface area contributed by atoms with E-state index in [2.05, 4.69) is 15.4 Å². The van der Waals surface area contributed by atoms with E-state index < -0.39 is 54.4 Å². The summed E-state index contributed by atoms with van der Waals surface area (Å²) in [6, 6.07) is 8.69. The van der Waals surface area contributed by atoms with Crippen molar-refractivity contribution in [1.82, 2.24) is 20.1 Å². The number of hydrogen-bond donors (Lipinski definition) is 3. The van der Waals surface area contributed by atoms with Crippen molar-refractivity contribution in [3.05, 3.63) is 65.5 Å². The minimum atomic E-state index is -4.65. The predicted octanol–water partition coefficient (Wildman–Crippen LogP) is 3.44. The van der Waals surface area contributed by atoms with Gasteiger partial charge in [-0.25, -0.2) is 27.0 Å². The summed E-state index contributed by atoms with van der Waals surface area (Å²) in [5.74, 6) is -1.66. The Labute approximate surface area is 280 Å². The highest BCUT2D eigenvalue weighted by molar-refractivity contribution is 7.92. The second-order valence-electron chi connectivity index (χ2n) is 11.7. The lowest BCUT2D eigenvalue weighted by Gasteiger charge is -2.25. The Bertz CT molecular complexity index is 2050. The zero-order chi connectivity index (χ0) is 35.1. The maximum absolute atomic E-state index is 13.7. The monoisotopic (exact) mass is 720 g/mol. The van der Waals surface area contributed by atoms with Crippen molar-refractivity contribution in [3.63, 3.8) is 0 Å². The number of phosphoric ester groups is 1. The summed E-state index contributed by atoms with van der Waals surface area (Å²) in [5, 5.41) is 7.01. The summed E-state index contributed by atoms with van der Waals surface area (Å²) in [6.07, 6.45) is 3.61. The van der Waals surface area contributed by atoms with Crippen LogP contribution in [0, 0.1) is 5.82 Å². The summed E-state index contributed by atoms with van der Waals surface area (Å²) in [4.78, 5) is 38.5. The van der Waals surface area contributed by atoms with E-state index in [4.69, 9.17) is 23.9 Å². The molecule has 2 fully saturated rings. The van der Waals surface area contributed by atoms with E-state index in [-0.39, 0.29) is 47.5 Å². The van der Waals surface area contributed by atoms with E-state index in [1.165, 1.54) is 48.4 Å². The average molecular weight is 721 g/mol. The molecule has 1 saturated carbocycles. The van der Waals surface area contributed by atoms with Gasteiger partial charge in [-0.05, 0) is 67.5 Å². The molecule has 262 valence electrons. The molecular weight excluding hydrogens is 686 g/mol. The molecule has 3 heterocycles. The molecule has 0 radical (unpaired) electrons. The van der Waals surface area contributed by atoms with E-state index in [1.54, 1.807) is 6.07 Å². The van der Waals surface area contributed by atoms with E-state index in [1.807, 2.05) is 0 Å². The van der Waals surface area contributed by atoms with Gasteiger partial charge in [0.15, 0.2) is 6.23 Å². The zero-order valence-corrected chi connectivity index (χ0v) is 28.2. The third-order valence-corrected chi connectivity index (χ3v) is 10.3. The van der Waals surface area contributed by atoms with Gasteiger partial charge < -0.3 is 25.1 Å². The number of fused-ring (bicyclic) bond motifs is 1. The Morgan fingerprint density at radius 1 is 1.18 bits per heavy atom. The summed E-state index contributed by atoms with van der Waals surface area (Å²) < 4.78 is 77.2. The molecule has 2 aromatic heterocycles. The minimum Gasteiger partial charge on any atom is -0.455 e. The van der Waals surface area contributed by atoms with Crippen LogP contribution in [0.1, 0.15) is 64.4 Å². The number of nitrogens with two attached hydrogens (primary N) is 1. The number of hydrogen-bond acceptors (Lipinski definition) is 11. The van der Waals surface area contributed by atoms with Crippen molar-refractivity contribution in [2.24, 2.45) is 5.73 Å². The second kappa shape index (κ2) is 13.6. The zero-order valence-electron chi connectivity index (χ0n) is 26.4. The van der Waals surface area contributed by atoms with Crippen LogP contribution in [0.2, 0.25) is 0 Å². The molecule has 49 heavy (non-hydrogen) atoms. The largest absolute Gasteiger partial charge is 0.472 e. The molecule has 4 aromatic rings. The van der Waals surface area contributed by atoms with Crippen LogP contribution in [0.3, 0.4) is 0 Å². The number of rotatable bonds is 14. The van der Waals surface area contributed by atoms with Crippen molar-refractivity contribution in [2.75, 3.05) is 37.4 Å². The van der Waals surface area contributed by atoms with Gasteiger partial charge in [0.2, 0.25) is 15.8 Å². The number of carbonyl (C=O) groups is 2. The maximum Gasteiger partial charge on any atom is 0.472 e. The lowest BCUT2D eigenvalue weighted by atomic mass is 10.0. The molecule has 0 bridgehead atoms. The third kappa shape index (κ3) is 7.69. The molecule has 0 spiro atoms. The Morgan fingerprint density at radius 3 is 2.55 bits per heavy atom. The molecule has 6 rings (SSSR count). The molecule has 3 atom stereocenters. The van der Waals surface area contributed by atoms with Crippen molar-refractivity contribution in [1.29, 1.82) is 0 Å². The molecule has 16 nitrogen and oxygen atoms in total. The van der Waals surface area contributed by atoms with Gasteiger partial charge in [0, 0.05) is 24.1 Å². The molecular formula is C30H34FN6O10PS. The summed E-state index contributed by atoms with van der Waals surface area (Å²) in [7, 11) is -7.13. The number of sulfonamides is 1. The van der Waals surface area contributed by atoms with Crippen LogP contribution in [0.25, 0.3) is 22.3 Å². The summed E-state index contributed by atoms with van der Waals surface area (Å²) >= 11 is 0. The fraction of sp³-hybridized carbons (Fsp3) is 0.400. The Balaban J connectivity index is 1.18. The van der Waals surface area contributed by atoms with Gasteiger partial charge in [0.1, 0.15) is 23.5 Å². The van der Waals surface area contributed by atoms with Crippen LogP contribution in [0.15, 0.2) is 47.1 Å². The Kier molecular flexibility index (Phi) is 9.63. The van der Waals surface area contributed by atoms with Crippen molar-refractivity contribution in [3.8, 4) is 11.3 Å². The predicted molar refractivity (Wildman–Crippen MR) is 173 cm³/mol. The van der Waals surface area contributed by atoms with E-state index in [0.29, 0.717) is 29.4 Å². The quantitative estimate of drug-likeness (QED) is 0.160. The number of halogens is 1. The van der Waals surface area contributed by atoms with Crippen LogP contribution < -0.4 is 15.4 Å². The van der Waals surface area contributed by atoms with Gasteiger partial charge in [0.25, 0.3) is 11.8 Å². The molecule has 4 N–H and O–H groups in total. The van der Waals surface area contributed by atoms with E-state index in [0.717, 1.165) is 23.4 Å². The van der Waals surface area contributed by atoms with Crippen LogP contribution in [0.4, 0.5) is 10.1 Å². The fourth-order valence-electron chi connectivity index (χ4n) is 5.69. The minimum absolute atomic E-state index is 0.00805. The number of benzene rings is 2. The number of phosphoric acid groups is 1. The first-order valence-electron chi connectivity index (χ1n) is 15.3. The molecule has 2 aromatic carbocycles.